The minimum Gasteiger partial charge on any atom is -0.339 e. The lowest BCUT2D eigenvalue weighted by Crippen LogP contribution is -2.19. The van der Waals surface area contributed by atoms with Gasteiger partial charge in [-0.1, -0.05) is 34.4 Å². The molecule has 1 saturated carbocycles. The van der Waals surface area contributed by atoms with E-state index >= 15 is 0 Å². The molecule has 6 heteroatoms. The zero-order valence-electron chi connectivity index (χ0n) is 10.9. The van der Waals surface area contributed by atoms with E-state index in [9.17, 15) is 0 Å². The molecule has 0 atom stereocenters. The smallest absolute Gasteiger partial charge is 0.227 e. The van der Waals surface area contributed by atoms with E-state index in [2.05, 4.69) is 15.5 Å². The minimum absolute atomic E-state index is 0.543. The van der Waals surface area contributed by atoms with Crippen molar-refractivity contribution in [1.82, 2.24) is 15.5 Å². The van der Waals surface area contributed by atoms with Gasteiger partial charge in [-0.15, -0.1) is 0 Å². The highest BCUT2D eigenvalue weighted by atomic mass is 35.5. The molecule has 0 radical (unpaired) electrons. The second-order valence-corrected chi connectivity index (χ2v) is 5.82. The van der Waals surface area contributed by atoms with Crippen LogP contribution in [-0.2, 0) is 12.8 Å². The number of hydrogen-bond donors (Lipinski definition) is 1. The Hall–Kier alpha value is -1.10. The maximum absolute atomic E-state index is 5.98. The number of halogens is 2. The number of benzene rings is 1. The van der Waals surface area contributed by atoms with Crippen molar-refractivity contribution < 1.29 is 4.52 Å². The molecular weight excluding hydrogens is 297 g/mol. The predicted octanol–water partition coefficient (Wildman–Crippen LogP) is 3.26. The number of nitrogens with one attached hydrogen (secondary N) is 1. The van der Waals surface area contributed by atoms with E-state index in [1.54, 1.807) is 6.07 Å². The zero-order chi connectivity index (χ0) is 13.9. The van der Waals surface area contributed by atoms with Crippen molar-refractivity contribution in [2.24, 2.45) is 0 Å². The van der Waals surface area contributed by atoms with Gasteiger partial charge in [-0.3, -0.25) is 0 Å². The fourth-order valence-electron chi connectivity index (χ4n) is 1.97. The van der Waals surface area contributed by atoms with Crippen molar-refractivity contribution in [3.05, 3.63) is 45.5 Å². The van der Waals surface area contributed by atoms with Crippen molar-refractivity contribution in [1.29, 1.82) is 0 Å². The molecule has 1 heterocycles. The van der Waals surface area contributed by atoms with E-state index in [1.165, 1.54) is 12.8 Å². The van der Waals surface area contributed by atoms with Crippen LogP contribution < -0.4 is 5.32 Å². The van der Waals surface area contributed by atoms with Crippen LogP contribution in [0.3, 0.4) is 0 Å². The van der Waals surface area contributed by atoms with Gasteiger partial charge in [0, 0.05) is 25.4 Å². The van der Waals surface area contributed by atoms with Crippen LogP contribution in [0.5, 0.6) is 0 Å². The molecule has 0 saturated heterocycles. The van der Waals surface area contributed by atoms with Crippen molar-refractivity contribution in [3.63, 3.8) is 0 Å². The van der Waals surface area contributed by atoms with Gasteiger partial charge in [0.15, 0.2) is 5.82 Å². The van der Waals surface area contributed by atoms with Gasteiger partial charge in [-0.25, -0.2) is 0 Å². The SMILES string of the molecule is Clc1ccc(Cc2noc(CCNC3CC3)n2)cc1Cl. The molecular formula is C14H15Cl2N3O. The highest BCUT2D eigenvalue weighted by molar-refractivity contribution is 6.42. The van der Waals surface area contributed by atoms with Crippen LogP contribution in [0, 0.1) is 0 Å². The Labute approximate surface area is 127 Å². The van der Waals surface area contributed by atoms with E-state index in [0.29, 0.717) is 34.2 Å². The lowest BCUT2D eigenvalue weighted by molar-refractivity contribution is 0.371. The Morgan fingerprint density at radius 1 is 1.25 bits per heavy atom. The number of aromatic nitrogens is 2. The summed E-state index contributed by atoms with van der Waals surface area (Å²) in [4.78, 5) is 4.38. The van der Waals surface area contributed by atoms with E-state index in [-0.39, 0.29) is 0 Å². The van der Waals surface area contributed by atoms with E-state index < -0.39 is 0 Å². The van der Waals surface area contributed by atoms with Crippen molar-refractivity contribution in [2.45, 2.75) is 31.7 Å². The predicted molar refractivity (Wildman–Crippen MR) is 78.3 cm³/mol. The fraction of sp³-hybridized carbons (Fsp3) is 0.429. The van der Waals surface area contributed by atoms with Gasteiger partial charge in [0.05, 0.1) is 10.0 Å². The quantitative estimate of drug-likeness (QED) is 0.889. The molecule has 0 aliphatic heterocycles. The van der Waals surface area contributed by atoms with Gasteiger partial charge in [-0.05, 0) is 30.5 Å². The summed E-state index contributed by atoms with van der Waals surface area (Å²) in [6.07, 6.45) is 3.93. The number of rotatable bonds is 6. The normalized spacial score (nSPS) is 14.7. The third-order valence-electron chi connectivity index (χ3n) is 3.21. The molecule has 1 aromatic heterocycles. The molecule has 3 rings (SSSR count). The number of nitrogens with zero attached hydrogens (tertiary/aromatic N) is 2. The van der Waals surface area contributed by atoms with Crippen molar-refractivity contribution >= 4 is 23.2 Å². The first kappa shape index (κ1) is 13.9. The van der Waals surface area contributed by atoms with Crippen LogP contribution >= 0.6 is 23.2 Å². The highest BCUT2D eigenvalue weighted by Gasteiger charge is 2.20. The van der Waals surface area contributed by atoms with Crippen LogP contribution in [0.25, 0.3) is 0 Å². The summed E-state index contributed by atoms with van der Waals surface area (Å²) in [5.74, 6) is 1.35. The first-order chi connectivity index (χ1) is 9.70. The molecule has 1 aliphatic carbocycles. The van der Waals surface area contributed by atoms with Crippen LogP contribution in [0.15, 0.2) is 22.7 Å². The number of hydrogen-bond acceptors (Lipinski definition) is 4. The van der Waals surface area contributed by atoms with E-state index in [4.69, 9.17) is 27.7 Å². The summed E-state index contributed by atoms with van der Waals surface area (Å²) in [5, 5.41) is 8.50. The van der Waals surface area contributed by atoms with Gasteiger partial charge < -0.3 is 9.84 Å². The minimum atomic E-state index is 0.543. The van der Waals surface area contributed by atoms with Gasteiger partial charge in [-0.2, -0.15) is 4.98 Å². The summed E-state index contributed by atoms with van der Waals surface area (Å²) >= 11 is 11.9. The van der Waals surface area contributed by atoms with Crippen molar-refractivity contribution in [3.8, 4) is 0 Å². The molecule has 1 fully saturated rings. The molecule has 1 N–H and O–H groups in total. The molecule has 4 nitrogen and oxygen atoms in total. The first-order valence-corrected chi connectivity index (χ1v) is 7.45. The van der Waals surface area contributed by atoms with Gasteiger partial charge in [0.1, 0.15) is 0 Å². The fourth-order valence-corrected chi connectivity index (χ4v) is 2.29. The molecule has 0 bridgehead atoms. The maximum atomic E-state index is 5.98. The molecule has 106 valence electrons. The van der Waals surface area contributed by atoms with Gasteiger partial charge >= 0.3 is 0 Å². The maximum Gasteiger partial charge on any atom is 0.227 e. The molecule has 0 spiro atoms. The average molecular weight is 312 g/mol. The largest absolute Gasteiger partial charge is 0.339 e. The molecule has 20 heavy (non-hydrogen) atoms. The lowest BCUT2D eigenvalue weighted by Gasteiger charge is -1.99. The Morgan fingerprint density at radius 3 is 2.85 bits per heavy atom. The average Bonchev–Trinajstić information content (AvgIpc) is 3.14. The lowest BCUT2D eigenvalue weighted by atomic mass is 10.1. The summed E-state index contributed by atoms with van der Waals surface area (Å²) in [6.45, 7) is 0.888. The third kappa shape index (κ3) is 3.72. The summed E-state index contributed by atoms with van der Waals surface area (Å²) in [5.41, 5.74) is 1.02. The first-order valence-electron chi connectivity index (χ1n) is 6.69. The van der Waals surface area contributed by atoms with Gasteiger partial charge in [0.2, 0.25) is 5.89 Å². The summed E-state index contributed by atoms with van der Waals surface area (Å²) < 4.78 is 5.23. The molecule has 1 aromatic carbocycles. The Bertz CT molecular complexity index is 596. The molecule has 2 aromatic rings. The zero-order valence-corrected chi connectivity index (χ0v) is 12.4. The van der Waals surface area contributed by atoms with E-state index in [1.807, 2.05) is 12.1 Å². The second-order valence-electron chi connectivity index (χ2n) is 5.01. The van der Waals surface area contributed by atoms with Crippen LogP contribution in [0.2, 0.25) is 10.0 Å². The highest BCUT2D eigenvalue weighted by Crippen LogP contribution is 2.23. The molecule has 1 aliphatic rings. The standard InChI is InChI=1S/C14H15Cl2N3O/c15-11-4-1-9(7-12(11)16)8-13-18-14(20-19-13)5-6-17-10-2-3-10/h1,4,7,10,17H,2-3,5-6,8H2. The summed E-state index contributed by atoms with van der Waals surface area (Å²) in [7, 11) is 0. The van der Waals surface area contributed by atoms with Crippen LogP contribution in [0.4, 0.5) is 0 Å². The van der Waals surface area contributed by atoms with Gasteiger partial charge in [0.25, 0.3) is 0 Å². The van der Waals surface area contributed by atoms with Crippen molar-refractivity contribution in [2.75, 3.05) is 6.54 Å². The molecule has 0 unspecified atom stereocenters. The third-order valence-corrected chi connectivity index (χ3v) is 3.94. The Morgan fingerprint density at radius 2 is 2.10 bits per heavy atom. The Kier molecular flexibility index (Phi) is 4.24. The molecule has 0 amide bonds. The van der Waals surface area contributed by atoms with Crippen LogP contribution in [0.1, 0.15) is 30.1 Å². The topological polar surface area (TPSA) is 51.0 Å². The van der Waals surface area contributed by atoms with E-state index in [0.717, 1.165) is 18.5 Å². The summed E-state index contributed by atoms with van der Waals surface area (Å²) in [6, 6.07) is 6.22. The Balaban J connectivity index is 1.56. The second kappa shape index (κ2) is 6.12. The monoisotopic (exact) mass is 311 g/mol. The van der Waals surface area contributed by atoms with Crippen LogP contribution in [-0.4, -0.2) is 22.7 Å².